The number of hydrogen-bond donors (Lipinski definition) is 0. The highest BCUT2D eigenvalue weighted by Crippen LogP contribution is 2.23. The number of halogens is 1. The van der Waals surface area contributed by atoms with Gasteiger partial charge in [-0.2, -0.15) is 0 Å². The molecule has 3 rings (SSSR count). The third kappa shape index (κ3) is 3.19. The van der Waals surface area contributed by atoms with Crippen LogP contribution in [0, 0.1) is 10.1 Å². The van der Waals surface area contributed by atoms with Crippen LogP contribution in [0.4, 0.5) is 5.69 Å². The fourth-order valence-electron chi connectivity index (χ4n) is 2.12. The zero-order chi connectivity index (χ0) is 16.4. The molecule has 0 saturated carbocycles. The van der Waals surface area contributed by atoms with Crippen molar-refractivity contribution in [3.8, 4) is 0 Å². The first-order chi connectivity index (χ1) is 11.0. The number of carbonyl (C=O) groups is 1. The SMILES string of the molecule is O=C1ON=C(c2ccc(Br)cc2)/C1=C\c1cccc([N+](=O)[O-])c1. The van der Waals surface area contributed by atoms with Gasteiger partial charge in [0.1, 0.15) is 5.71 Å². The second-order valence-electron chi connectivity index (χ2n) is 4.74. The highest BCUT2D eigenvalue weighted by atomic mass is 79.9. The molecule has 0 spiro atoms. The lowest BCUT2D eigenvalue weighted by molar-refractivity contribution is -0.384. The van der Waals surface area contributed by atoms with E-state index in [2.05, 4.69) is 21.1 Å². The fraction of sp³-hybridized carbons (Fsp3) is 0. The van der Waals surface area contributed by atoms with Crippen LogP contribution in [0.1, 0.15) is 11.1 Å². The van der Waals surface area contributed by atoms with E-state index in [1.54, 1.807) is 24.3 Å². The summed E-state index contributed by atoms with van der Waals surface area (Å²) in [6, 6.07) is 13.2. The first kappa shape index (κ1) is 15.1. The minimum atomic E-state index is -0.588. The average molecular weight is 373 g/mol. The molecule has 0 radical (unpaired) electrons. The Morgan fingerprint density at radius 1 is 1.17 bits per heavy atom. The zero-order valence-electron chi connectivity index (χ0n) is 11.6. The fourth-order valence-corrected chi connectivity index (χ4v) is 2.38. The molecule has 2 aromatic carbocycles. The van der Waals surface area contributed by atoms with Gasteiger partial charge in [0.05, 0.1) is 10.5 Å². The molecule has 0 fully saturated rings. The normalized spacial score (nSPS) is 15.4. The summed E-state index contributed by atoms with van der Waals surface area (Å²) in [5, 5.41) is 14.6. The highest BCUT2D eigenvalue weighted by molar-refractivity contribution is 9.10. The lowest BCUT2D eigenvalue weighted by Crippen LogP contribution is -2.06. The van der Waals surface area contributed by atoms with Crippen molar-refractivity contribution >= 4 is 39.4 Å². The number of hydrogen-bond acceptors (Lipinski definition) is 5. The molecule has 0 saturated heterocycles. The smallest absolute Gasteiger partial charge is 0.312 e. The molecule has 114 valence electrons. The maximum absolute atomic E-state index is 11.9. The van der Waals surface area contributed by atoms with Gasteiger partial charge in [0.25, 0.3) is 5.69 Å². The molecule has 7 heteroatoms. The van der Waals surface area contributed by atoms with Gasteiger partial charge in [0.2, 0.25) is 0 Å². The molecule has 23 heavy (non-hydrogen) atoms. The summed E-state index contributed by atoms with van der Waals surface area (Å²) in [5.41, 5.74) is 1.85. The Morgan fingerprint density at radius 3 is 2.61 bits per heavy atom. The van der Waals surface area contributed by atoms with Gasteiger partial charge >= 0.3 is 5.97 Å². The van der Waals surface area contributed by atoms with Crippen molar-refractivity contribution < 1.29 is 14.6 Å². The summed E-state index contributed by atoms with van der Waals surface area (Å²) < 4.78 is 0.899. The third-order valence-corrected chi connectivity index (χ3v) is 3.73. The van der Waals surface area contributed by atoms with Crippen molar-refractivity contribution in [1.82, 2.24) is 0 Å². The third-order valence-electron chi connectivity index (χ3n) is 3.20. The van der Waals surface area contributed by atoms with E-state index in [1.165, 1.54) is 18.2 Å². The summed E-state index contributed by atoms with van der Waals surface area (Å²) in [4.78, 5) is 27.0. The van der Waals surface area contributed by atoms with Crippen LogP contribution >= 0.6 is 15.9 Å². The van der Waals surface area contributed by atoms with E-state index < -0.39 is 10.9 Å². The van der Waals surface area contributed by atoms with E-state index in [1.807, 2.05) is 12.1 Å². The average Bonchev–Trinajstić information content (AvgIpc) is 2.89. The minimum absolute atomic E-state index is 0.0483. The van der Waals surface area contributed by atoms with Gasteiger partial charge < -0.3 is 4.84 Å². The Bertz CT molecular complexity index is 857. The monoisotopic (exact) mass is 372 g/mol. The second-order valence-corrected chi connectivity index (χ2v) is 5.65. The van der Waals surface area contributed by atoms with Gasteiger partial charge in [-0.3, -0.25) is 10.1 Å². The van der Waals surface area contributed by atoms with Gasteiger partial charge in [-0.25, -0.2) is 4.79 Å². The standard InChI is InChI=1S/C16H9BrN2O4/c17-12-6-4-11(5-7-12)15-14(16(20)23-18-15)9-10-2-1-3-13(8-10)19(21)22/h1-9H/b14-9+. The second kappa shape index (κ2) is 6.13. The quantitative estimate of drug-likeness (QED) is 0.356. The first-order valence-corrected chi connectivity index (χ1v) is 7.36. The van der Waals surface area contributed by atoms with Crippen molar-refractivity contribution in [3.05, 3.63) is 79.8 Å². The van der Waals surface area contributed by atoms with Gasteiger partial charge in [-0.1, -0.05) is 45.4 Å². The largest absolute Gasteiger partial charge is 0.368 e. The summed E-state index contributed by atoms with van der Waals surface area (Å²) in [7, 11) is 0. The van der Waals surface area contributed by atoms with E-state index in [4.69, 9.17) is 4.84 Å². The maximum Gasteiger partial charge on any atom is 0.368 e. The van der Waals surface area contributed by atoms with Gasteiger partial charge in [0.15, 0.2) is 0 Å². The molecule has 0 aliphatic carbocycles. The molecule has 1 aliphatic rings. The Balaban J connectivity index is 2.01. The van der Waals surface area contributed by atoms with Gasteiger partial charge in [0, 0.05) is 22.2 Å². The molecule has 2 aromatic rings. The van der Waals surface area contributed by atoms with Crippen LogP contribution in [-0.2, 0) is 9.63 Å². The van der Waals surface area contributed by atoms with E-state index in [-0.39, 0.29) is 11.3 Å². The van der Waals surface area contributed by atoms with E-state index >= 15 is 0 Å². The van der Waals surface area contributed by atoms with E-state index in [9.17, 15) is 14.9 Å². The number of benzene rings is 2. The highest BCUT2D eigenvalue weighted by Gasteiger charge is 2.26. The first-order valence-electron chi connectivity index (χ1n) is 6.56. The van der Waals surface area contributed by atoms with Crippen LogP contribution in [0.15, 0.2) is 63.7 Å². The maximum atomic E-state index is 11.9. The Kier molecular flexibility index (Phi) is 4.03. The van der Waals surface area contributed by atoms with Crippen LogP contribution in [0.25, 0.3) is 6.08 Å². The van der Waals surface area contributed by atoms with Crippen molar-refractivity contribution in [2.75, 3.05) is 0 Å². The van der Waals surface area contributed by atoms with Crippen molar-refractivity contribution in [2.45, 2.75) is 0 Å². The number of non-ortho nitro benzene ring substituents is 1. The molecule has 0 N–H and O–H groups in total. The number of nitro benzene ring substituents is 1. The van der Waals surface area contributed by atoms with E-state index in [0.29, 0.717) is 11.3 Å². The number of carbonyl (C=O) groups excluding carboxylic acids is 1. The predicted octanol–water partition coefficient (Wildman–Crippen LogP) is 3.70. The predicted molar refractivity (Wildman–Crippen MR) is 87.8 cm³/mol. The molecule has 0 atom stereocenters. The minimum Gasteiger partial charge on any atom is -0.312 e. The molecule has 6 nitrogen and oxygen atoms in total. The Labute approximate surface area is 139 Å². The Morgan fingerprint density at radius 2 is 1.91 bits per heavy atom. The molecule has 0 aromatic heterocycles. The summed E-state index contributed by atoms with van der Waals surface area (Å²) in [6.45, 7) is 0. The summed E-state index contributed by atoms with van der Waals surface area (Å²) >= 11 is 3.34. The van der Waals surface area contributed by atoms with Crippen molar-refractivity contribution in [1.29, 1.82) is 0 Å². The molecule has 1 aliphatic heterocycles. The van der Waals surface area contributed by atoms with Crippen LogP contribution in [0.3, 0.4) is 0 Å². The summed E-state index contributed by atoms with van der Waals surface area (Å²) in [6.07, 6.45) is 1.53. The summed E-state index contributed by atoms with van der Waals surface area (Å²) in [5.74, 6) is -0.588. The molecular formula is C16H9BrN2O4. The zero-order valence-corrected chi connectivity index (χ0v) is 13.2. The van der Waals surface area contributed by atoms with Crippen LogP contribution in [0.5, 0.6) is 0 Å². The van der Waals surface area contributed by atoms with Crippen LogP contribution in [-0.4, -0.2) is 16.6 Å². The molecular weight excluding hydrogens is 364 g/mol. The Hall–Kier alpha value is -2.80. The number of oxime groups is 1. The number of nitrogens with zero attached hydrogens (tertiary/aromatic N) is 2. The van der Waals surface area contributed by atoms with E-state index in [0.717, 1.165) is 10.0 Å². The topological polar surface area (TPSA) is 81.8 Å². The lowest BCUT2D eigenvalue weighted by atomic mass is 10.0. The lowest BCUT2D eigenvalue weighted by Gasteiger charge is -2.01. The molecule has 0 unspecified atom stereocenters. The molecule has 0 bridgehead atoms. The van der Waals surface area contributed by atoms with Crippen LogP contribution < -0.4 is 0 Å². The molecule has 0 amide bonds. The van der Waals surface area contributed by atoms with Gasteiger partial charge in [-0.05, 0) is 23.8 Å². The van der Waals surface area contributed by atoms with Crippen molar-refractivity contribution in [3.63, 3.8) is 0 Å². The number of rotatable bonds is 3. The van der Waals surface area contributed by atoms with Crippen LogP contribution in [0.2, 0.25) is 0 Å². The number of nitro groups is 1. The van der Waals surface area contributed by atoms with Gasteiger partial charge in [-0.15, -0.1) is 0 Å². The molecule has 1 heterocycles. The van der Waals surface area contributed by atoms with Crippen molar-refractivity contribution in [2.24, 2.45) is 5.16 Å².